The summed E-state index contributed by atoms with van der Waals surface area (Å²) in [5.41, 5.74) is 8.87. The van der Waals surface area contributed by atoms with E-state index in [1.165, 1.54) is 10.8 Å². The number of fused-ring (bicyclic) bond motifs is 4. The van der Waals surface area contributed by atoms with E-state index in [-0.39, 0.29) is 29.9 Å². The number of para-hydroxylation sites is 4. The molecule has 0 atom stereocenters. The molecule has 2 heteroatoms. The molecule has 0 unspecified atom stereocenters. The van der Waals surface area contributed by atoms with Crippen molar-refractivity contribution in [1.82, 2.24) is 4.57 Å². The van der Waals surface area contributed by atoms with Crippen molar-refractivity contribution in [3.63, 3.8) is 0 Å². The summed E-state index contributed by atoms with van der Waals surface area (Å²) in [7, 11) is 0. The first-order valence-electron chi connectivity index (χ1n) is 18.5. The first-order chi connectivity index (χ1) is 25.9. The molecule has 2 nitrogen and oxygen atoms in total. The van der Waals surface area contributed by atoms with Gasteiger partial charge in [-0.1, -0.05) is 133 Å². The van der Waals surface area contributed by atoms with Crippen LogP contribution in [0.5, 0.6) is 0 Å². The van der Waals surface area contributed by atoms with Crippen LogP contribution < -0.4 is 4.90 Å². The third-order valence-electron chi connectivity index (χ3n) is 9.07. The van der Waals surface area contributed by atoms with Crippen molar-refractivity contribution in [2.24, 2.45) is 0 Å². The summed E-state index contributed by atoms with van der Waals surface area (Å²) < 4.78 is 44.6. The fourth-order valence-corrected chi connectivity index (χ4v) is 6.91. The van der Waals surface area contributed by atoms with Gasteiger partial charge in [0.25, 0.3) is 0 Å². The van der Waals surface area contributed by atoms with Gasteiger partial charge in [0.2, 0.25) is 0 Å². The standard InChI is InChI=1S/C46H32N2/c1-3-16-37(17-4-1)47(39-30-28-34(29-31-39)36-27-26-33-14-7-8-15-35(33)32-36)43-23-11-9-20-40(43)41-22-13-25-45-46(41)42-21-10-12-24-44(42)48(45)38-18-5-2-6-19-38/h1-32H/i2D,5D,6D,18D,19D. The van der Waals surface area contributed by atoms with Gasteiger partial charge in [0.1, 0.15) is 0 Å². The van der Waals surface area contributed by atoms with Gasteiger partial charge in [0.05, 0.1) is 23.6 Å². The topological polar surface area (TPSA) is 8.17 Å². The minimum Gasteiger partial charge on any atom is -0.310 e. The summed E-state index contributed by atoms with van der Waals surface area (Å²) in [5.74, 6) is 0. The molecule has 0 fully saturated rings. The van der Waals surface area contributed by atoms with E-state index in [1.807, 2.05) is 71.3 Å². The molecular formula is C46H32N2. The molecule has 0 radical (unpaired) electrons. The molecule has 1 aromatic heterocycles. The molecule has 0 bridgehead atoms. The molecular weight excluding hydrogens is 581 g/mol. The van der Waals surface area contributed by atoms with Crippen molar-refractivity contribution in [2.45, 2.75) is 0 Å². The van der Waals surface area contributed by atoms with E-state index in [1.54, 1.807) is 0 Å². The smallest absolute Gasteiger partial charge is 0.0645 e. The fourth-order valence-electron chi connectivity index (χ4n) is 6.91. The quantitative estimate of drug-likeness (QED) is 0.180. The molecule has 0 aliphatic rings. The number of rotatable bonds is 6. The summed E-state index contributed by atoms with van der Waals surface area (Å²) in [4.78, 5) is 2.27. The Morgan fingerprint density at radius 1 is 0.458 bits per heavy atom. The molecule has 9 aromatic rings. The monoisotopic (exact) mass is 617 g/mol. The van der Waals surface area contributed by atoms with Gasteiger partial charge < -0.3 is 9.47 Å². The first kappa shape index (κ1) is 23.0. The van der Waals surface area contributed by atoms with Crippen molar-refractivity contribution < 1.29 is 6.85 Å². The maximum absolute atomic E-state index is 8.87. The van der Waals surface area contributed by atoms with Crippen molar-refractivity contribution in [3.05, 3.63) is 194 Å². The van der Waals surface area contributed by atoms with E-state index >= 15 is 0 Å². The third-order valence-corrected chi connectivity index (χ3v) is 9.07. The Bertz CT molecular complexity index is 2820. The van der Waals surface area contributed by atoms with Gasteiger partial charge in [-0.25, -0.2) is 0 Å². The highest BCUT2D eigenvalue weighted by atomic mass is 15.1. The first-order valence-corrected chi connectivity index (χ1v) is 16.0. The molecule has 9 rings (SSSR count). The molecule has 0 aliphatic heterocycles. The van der Waals surface area contributed by atoms with Crippen molar-refractivity contribution >= 4 is 49.6 Å². The second kappa shape index (κ2) is 11.8. The Labute approximate surface area is 287 Å². The lowest BCUT2D eigenvalue weighted by molar-refractivity contribution is 1.18. The SMILES string of the molecule is [2H]c1c([2H])c([2H])c(-n2c3ccccc3c3c(-c4ccccc4N(c4ccccc4)c4ccc(-c5ccc6ccccc6c5)cc4)cccc32)c([2H])c1[2H]. The van der Waals surface area contributed by atoms with Crippen LogP contribution in [0.25, 0.3) is 60.5 Å². The number of nitrogens with zero attached hydrogens (tertiary/aromatic N) is 2. The van der Waals surface area contributed by atoms with E-state index < -0.39 is 6.04 Å². The molecule has 226 valence electrons. The Balaban J connectivity index is 1.25. The summed E-state index contributed by atoms with van der Waals surface area (Å²) in [5, 5.41) is 4.27. The average molecular weight is 618 g/mol. The summed E-state index contributed by atoms with van der Waals surface area (Å²) in [6.07, 6.45) is 0. The lowest BCUT2D eigenvalue weighted by atomic mass is 9.96. The number of hydrogen-bond donors (Lipinski definition) is 0. The molecule has 0 spiro atoms. The molecule has 0 N–H and O–H groups in total. The molecule has 0 aliphatic carbocycles. The number of hydrogen-bond acceptors (Lipinski definition) is 1. The fraction of sp³-hybridized carbons (Fsp3) is 0. The van der Waals surface area contributed by atoms with Gasteiger partial charge in [0.15, 0.2) is 0 Å². The van der Waals surface area contributed by atoms with E-state index in [4.69, 9.17) is 6.85 Å². The lowest BCUT2D eigenvalue weighted by Gasteiger charge is -2.28. The zero-order valence-corrected chi connectivity index (χ0v) is 26.0. The van der Waals surface area contributed by atoms with Crippen LogP contribution in [0.2, 0.25) is 0 Å². The van der Waals surface area contributed by atoms with Crippen molar-refractivity contribution in [1.29, 1.82) is 0 Å². The second-order valence-corrected chi connectivity index (χ2v) is 11.8. The van der Waals surface area contributed by atoms with Gasteiger partial charge >= 0.3 is 0 Å². The van der Waals surface area contributed by atoms with Crippen LogP contribution in [-0.4, -0.2) is 4.57 Å². The predicted octanol–water partition coefficient (Wildman–Crippen LogP) is 12.7. The van der Waals surface area contributed by atoms with Crippen LogP contribution in [0.15, 0.2) is 194 Å². The van der Waals surface area contributed by atoms with Gasteiger partial charge in [-0.05, 0) is 88.1 Å². The van der Waals surface area contributed by atoms with Crippen molar-refractivity contribution in [2.75, 3.05) is 4.90 Å². The summed E-state index contributed by atoms with van der Waals surface area (Å²) in [6.45, 7) is 0. The predicted molar refractivity (Wildman–Crippen MR) is 204 cm³/mol. The molecule has 0 saturated heterocycles. The highest BCUT2D eigenvalue weighted by Crippen LogP contribution is 2.45. The van der Waals surface area contributed by atoms with Crippen LogP contribution in [0.3, 0.4) is 0 Å². The highest BCUT2D eigenvalue weighted by Gasteiger charge is 2.21. The van der Waals surface area contributed by atoms with E-state index in [9.17, 15) is 0 Å². The summed E-state index contributed by atoms with van der Waals surface area (Å²) in [6, 6.07) is 54.6. The summed E-state index contributed by atoms with van der Waals surface area (Å²) >= 11 is 0. The highest BCUT2D eigenvalue weighted by molar-refractivity contribution is 6.17. The van der Waals surface area contributed by atoms with E-state index in [0.717, 1.165) is 61.1 Å². The van der Waals surface area contributed by atoms with Crippen LogP contribution in [0.1, 0.15) is 6.85 Å². The maximum atomic E-state index is 8.87. The zero-order valence-electron chi connectivity index (χ0n) is 31.0. The number of anilines is 3. The van der Waals surface area contributed by atoms with Gasteiger partial charge in [-0.2, -0.15) is 0 Å². The van der Waals surface area contributed by atoms with Crippen molar-refractivity contribution in [3.8, 4) is 27.9 Å². The molecule has 48 heavy (non-hydrogen) atoms. The minimum atomic E-state index is -0.412. The Hall–Kier alpha value is -6.38. The Morgan fingerprint density at radius 2 is 1.10 bits per heavy atom. The normalized spacial score (nSPS) is 12.8. The lowest BCUT2D eigenvalue weighted by Crippen LogP contribution is -2.11. The molecule has 8 aromatic carbocycles. The number of benzene rings is 8. The molecule has 1 heterocycles. The third kappa shape index (κ3) is 4.74. The van der Waals surface area contributed by atoms with Crippen LogP contribution in [0, 0.1) is 0 Å². The van der Waals surface area contributed by atoms with Crippen LogP contribution in [0.4, 0.5) is 17.1 Å². The van der Waals surface area contributed by atoms with Gasteiger partial charge in [-0.15, -0.1) is 0 Å². The van der Waals surface area contributed by atoms with E-state index in [0.29, 0.717) is 0 Å². The molecule has 0 amide bonds. The maximum Gasteiger partial charge on any atom is 0.0645 e. The van der Waals surface area contributed by atoms with Crippen LogP contribution in [-0.2, 0) is 0 Å². The Morgan fingerprint density at radius 3 is 1.96 bits per heavy atom. The van der Waals surface area contributed by atoms with E-state index in [2.05, 4.69) is 102 Å². The second-order valence-electron chi connectivity index (χ2n) is 11.8. The van der Waals surface area contributed by atoms with Crippen LogP contribution >= 0.6 is 0 Å². The van der Waals surface area contributed by atoms with Gasteiger partial charge in [-0.3, -0.25) is 0 Å². The minimum absolute atomic E-state index is 0.130. The number of aromatic nitrogens is 1. The zero-order chi connectivity index (χ0) is 36.2. The largest absolute Gasteiger partial charge is 0.310 e. The Kier molecular flexibility index (Phi) is 5.64. The molecule has 0 saturated carbocycles. The van der Waals surface area contributed by atoms with Gasteiger partial charge in [0, 0.05) is 33.4 Å². The average Bonchev–Trinajstić information content (AvgIpc) is 3.54.